The highest BCUT2D eigenvalue weighted by Gasteiger charge is 2.31. The number of hydrogen-bond donors (Lipinski definition) is 2. The molecule has 0 aliphatic carbocycles. The quantitative estimate of drug-likeness (QED) is 0.646. The van der Waals surface area contributed by atoms with Crippen LogP contribution in [-0.4, -0.2) is 21.1 Å². The predicted molar refractivity (Wildman–Crippen MR) is 67.9 cm³/mol. The van der Waals surface area contributed by atoms with Crippen molar-refractivity contribution in [3.05, 3.63) is 42.0 Å². The van der Waals surface area contributed by atoms with Crippen LogP contribution in [0.1, 0.15) is 17.4 Å². The Morgan fingerprint density at radius 1 is 1.33 bits per heavy atom. The first kappa shape index (κ1) is 15.3. The van der Waals surface area contributed by atoms with E-state index in [-0.39, 0.29) is 11.8 Å². The predicted octanol–water partition coefficient (Wildman–Crippen LogP) is 1.46. The van der Waals surface area contributed by atoms with E-state index in [9.17, 15) is 13.2 Å². The molecular formula is C12H14F3N5O. The van der Waals surface area contributed by atoms with Gasteiger partial charge in [-0.2, -0.15) is 5.10 Å². The van der Waals surface area contributed by atoms with Crippen LogP contribution in [0.25, 0.3) is 0 Å². The summed E-state index contributed by atoms with van der Waals surface area (Å²) in [7, 11) is 1.75. The van der Waals surface area contributed by atoms with Crippen LogP contribution in [0.3, 0.4) is 0 Å². The van der Waals surface area contributed by atoms with E-state index >= 15 is 0 Å². The minimum Gasteiger partial charge on any atom is -0.406 e. The molecule has 1 heterocycles. The van der Waals surface area contributed by atoms with Crippen molar-refractivity contribution in [1.82, 2.24) is 20.2 Å². The van der Waals surface area contributed by atoms with Crippen molar-refractivity contribution in [3.63, 3.8) is 0 Å². The SMILES string of the molecule is Cn1ncnc1CC(NN)c1ccc(OC(F)(F)F)cc1. The highest BCUT2D eigenvalue weighted by molar-refractivity contribution is 5.29. The fourth-order valence-electron chi connectivity index (χ4n) is 1.86. The summed E-state index contributed by atoms with van der Waals surface area (Å²) >= 11 is 0. The summed E-state index contributed by atoms with van der Waals surface area (Å²) in [4.78, 5) is 4.08. The van der Waals surface area contributed by atoms with Crippen LogP contribution in [0.2, 0.25) is 0 Å². The molecule has 0 aliphatic heterocycles. The van der Waals surface area contributed by atoms with E-state index in [2.05, 4.69) is 20.2 Å². The second-order valence-corrected chi connectivity index (χ2v) is 4.34. The molecule has 2 rings (SSSR count). The standard InChI is InChI=1S/C12H14F3N5O/c1-20-11(17-7-18-20)6-10(19-16)8-2-4-9(5-3-8)21-12(13,14)15/h2-5,7,10,19H,6,16H2,1H3. The Labute approximate surface area is 118 Å². The van der Waals surface area contributed by atoms with Gasteiger partial charge in [-0.3, -0.25) is 16.0 Å². The monoisotopic (exact) mass is 301 g/mol. The fourth-order valence-corrected chi connectivity index (χ4v) is 1.86. The van der Waals surface area contributed by atoms with Crippen LogP contribution < -0.4 is 16.0 Å². The molecule has 0 aliphatic rings. The number of rotatable bonds is 5. The number of aromatic nitrogens is 3. The molecule has 9 heteroatoms. The van der Waals surface area contributed by atoms with Crippen LogP contribution in [-0.2, 0) is 13.5 Å². The third-order valence-electron chi connectivity index (χ3n) is 2.91. The number of alkyl halides is 3. The number of nitrogens with two attached hydrogens (primary N) is 1. The lowest BCUT2D eigenvalue weighted by Gasteiger charge is -2.16. The van der Waals surface area contributed by atoms with Crippen LogP contribution in [0.5, 0.6) is 5.75 Å². The molecule has 1 aromatic carbocycles. The van der Waals surface area contributed by atoms with Gasteiger partial charge in [0, 0.05) is 13.5 Å². The molecule has 1 aromatic heterocycles. The van der Waals surface area contributed by atoms with Crippen molar-refractivity contribution < 1.29 is 17.9 Å². The lowest BCUT2D eigenvalue weighted by atomic mass is 10.0. The summed E-state index contributed by atoms with van der Waals surface area (Å²) in [6.07, 6.45) is -2.83. The molecule has 0 radical (unpaired) electrons. The van der Waals surface area contributed by atoms with Crippen molar-refractivity contribution in [2.75, 3.05) is 0 Å². The first-order valence-electron chi connectivity index (χ1n) is 6.04. The topological polar surface area (TPSA) is 78.0 Å². The van der Waals surface area contributed by atoms with E-state index in [0.717, 1.165) is 5.56 Å². The van der Waals surface area contributed by atoms with Gasteiger partial charge in [-0.15, -0.1) is 13.2 Å². The molecular weight excluding hydrogens is 287 g/mol. The first-order valence-corrected chi connectivity index (χ1v) is 6.04. The van der Waals surface area contributed by atoms with E-state index in [1.165, 1.54) is 30.6 Å². The normalized spacial score (nSPS) is 13.2. The van der Waals surface area contributed by atoms with Gasteiger partial charge in [-0.05, 0) is 17.7 Å². The number of nitrogens with zero attached hydrogens (tertiary/aromatic N) is 3. The van der Waals surface area contributed by atoms with Gasteiger partial charge >= 0.3 is 6.36 Å². The summed E-state index contributed by atoms with van der Waals surface area (Å²) in [5, 5.41) is 3.94. The van der Waals surface area contributed by atoms with Crippen molar-refractivity contribution >= 4 is 0 Å². The smallest absolute Gasteiger partial charge is 0.406 e. The lowest BCUT2D eigenvalue weighted by molar-refractivity contribution is -0.274. The van der Waals surface area contributed by atoms with Gasteiger partial charge in [0.15, 0.2) is 0 Å². The number of hydrogen-bond acceptors (Lipinski definition) is 5. The van der Waals surface area contributed by atoms with Crippen LogP contribution in [0.15, 0.2) is 30.6 Å². The van der Waals surface area contributed by atoms with Crippen LogP contribution in [0, 0.1) is 0 Å². The van der Waals surface area contributed by atoms with E-state index in [1.807, 2.05) is 0 Å². The summed E-state index contributed by atoms with van der Waals surface area (Å²) in [6.45, 7) is 0. The zero-order chi connectivity index (χ0) is 15.5. The van der Waals surface area contributed by atoms with E-state index in [1.54, 1.807) is 11.7 Å². The molecule has 6 nitrogen and oxygen atoms in total. The van der Waals surface area contributed by atoms with E-state index in [0.29, 0.717) is 12.2 Å². The summed E-state index contributed by atoms with van der Waals surface area (Å²) in [5.74, 6) is 5.92. The minimum atomic E-state index is -4.70. The number of halogens is 3. The van der Waals surface area contributed by atoms with E-state index in [4.69, 9.17) is 5.84 Å². The fraction of sp³-hybridized carbons (Fsp3) is 0.333. The number of aryl methyl sites for hydroxylation is 1. The first-order chi connectivity index (χ1) is 9.89. The van der Waals surface area contributed by atoms with Crippen molar-refractivity contribution in [2.24, 2.45) is 12.9 Å². The number of hydrazine groups is 1. The summed E-state index contributed by atoms with van der Waals surface area (Å²) in [6, 6.07) is 5.21. The molecule has 21 heavy (non-hydrogen) atoms. The summed E-state index contributed by atoms with van der Waals surface area (Å²) in [5.41, 5.74) is 3.33. The molecule has 0 spiro atoms. The number of nitrogens with one attached hydrogen (secondary N) is 1. The highest BCUT2D eigenvalue weighted by Crippen LogP contribution is 2.25. The maximum absolute atomic E-state index is 12.1. The Morgan fingerprint density at radius 3 is 2.48 bits per heavy atom. The van der Waals surface area contributed by atoms with Gasteiger partial charge < -0.3 is 4.74 Å². The third kappa shape index (κ3) is 4.17. The van der Waals surface area contributed by atoms with Crippen molar-refractivity contribution in [1.29, 1.82) is 0 Å². The van der Waals surface area contributed by atoms with E-state index < -0.39 is 6.36 Å². The van der Waals surface area contributed by atoms with Gasteiger partial charge in [0.05, 0.1) is 6.04 Å². The Balaban J connectivity index is 2.10. The Hall–Kier alpha value is -2.13. The Bertz CT molecular complexity index is 581. The molecule has 114 valence electrons. The maximum atomic E-state index is 12.1. The van der Waals surface area contributed by atoms with Crippen molar-refractivity contribution in [3.8, 4) is 5.75 Å². The Kier molecular flexibility index (Phi) is 4.43. The zero-order valence-corrected chi connectivity index (χ0v) is 11.1. The molecule has 1 unspecified atom stereocenters. The molecule has 0 amide bonds. The van der Waals surface area contributed by atoms with Crippen LogP contribution in [0.4, 0.5) is 13.2 Å². The largest absolute Gasteiger partial charge is 0.573 e. The van der Waals surface area contributed by atoms with Crippen molar-refractivity contribution in [2.45, 2.75) is 18.8 Å². The summed E-state index contributed by atoms with van der Waals surface area (Å²) < 4.78 is 41.7. The molecule has 0 fully saturated rings. The second kappa shape index (κ2) is 6.10. The molecule has 0 saturated carbocycles. The number of ether oxygens (including phenoxy) is 1. The third-order valence-corrected chi connectivity index (χ3v) is 2.91. The van der Waals surface area contributed by atoms with Crippen LogP contribution >= 0.6 is 0 Å². The van der Waals surface area contributed by atoms with Gasteiger partial charge in [-0.1, -0.05) is 12.1 Å². The van der Waals surface area contributed by atoms with Gasteiger partial charge in [0.1, 0.15) is 17.9 Å². The molecule has 0 bridgehead atoms. The van der Waals surface area contributed by atoms with Gasteiger partial charge in [-0.25, -0.2) is 4.98 Å². The highest BCUT2D eigenvalue weighted by atomic mass is 19.4. The average Bonchev–Trinajstić information content (AvgIpc) is 2.81. The molecule has 1 atom stereocenters. The molecule has 0 saturated heterocycles. The molecule has 3 N–H and O–H groups in total. The van der Waals surface area contributed by atoms with Gasteiger partial charge in [0.2, 0.25) is 0 Å². The number of benzene rings is 1. The lowest BCUT2D eigenvalue weighted by Crippen LogP contribution is -2.30. The zero-order valence-electron chi connectivity index (χ0n) is 11.1. The Morgan fingerprint density at radius 2 is 2.00 bits per heavy atom. The molecule has 2 aromatic rings. The maximum Gasteiger partial charge on any atom is 0.573 e. The minimum absolute atomic E-state index is 0.277. The second-order valence-electron chi connectivity index (χ2n) is 4.34. The van der Waals surface area contributed by atoms with Gasteiger partial charge in [0.25, 0.3) is 0 Å². The average molecular weight is 301 g/mol.